The Labute approximate surface area is 195 Å². The van der Waals surface area contributed by atoms with E-state index < -0.39 is 0 Å². The lowest BCUT2D eigenvalue weighted by atomic mass is 10.0. The van der Waals surface area contributed by atoms with Gasteiger partial charge in [-0.2, -0.15) is 0 Å². The van der Waals surface area contributed by atoms with Crippen molar-refractivity contribution in [1.82, 2.24) is 9.88 Å². The molecule has 2 fully saturated rings. The van der Waals surface area contributed by atoms with Crippen molar-refractivity contribution in [2.24, 2.45) is 5.92 Å². The zero-order valence-corrected chi connectivity index (χ0v) is 19.1. The monoisotopic (exact) mass is 452 g/mol. The highest BCUT2D eigenvalue weighted by molar-refractivity contribution is 5.92. The van der Waals surface area contributed by atoms with E-state index in [2.05, 4.69) is 35.3 Å². The van der Waals surface area contributed by atoms with Crippen LogP contribution in [0.5, 0.6) is 11.5 Å². The highest BCUT2D eigenvalue weighted by atomic mass is 35.5. The molecule has 1 aliphatic carbocycles. The lowest BCUT2D eigenvalue weighted by Crippen LogP contribution is -2.42. The molecule has 6 heteroatoms. The molecule has 1 saturated carbocycles. The second kappa shape index (κ2) is 9.78. The number of rotatable bonds is 6. The number of likely N-dealkylation sites (tertiary alicyclic amines) is 1. The van der Waals surface area contributed by atoms with Crippen LogP contribution in [0.3, 0.4) is 0 Å². The summed E-state index contributed by atoms with van der Waals surface area (Å²) in [6.07, 6.45) is 5.89. The third-order valence-electron chi connectivity index (χ3n) is 6.17. The van der Waals surface area contributed by atoms with Crippen LogP contribution in [0.25, 0.3) is 22.0 Å². The van der Waals surface area contributed by atoms with Crippen LogP contribution in [0.2, 0.25) is 0 Å². The molecule has 2 heterocycles. The minimum atomic E-state index is 0. The summed E-state index contributed by atoms with van der Waals surface area (Å²) in [4.78, 5) is 18.8. The SMILES string of the molecule is CCOc1c(-c2ccc(OC3CCN(C(=O)C4CC4)CC3)cc2)ccc2cccnc12.Cl. The molecule has 0 bridgehead atoms. The average Bonchev–Trinajstić information content (AvgIpc) is 3.66. The van der Waals surface area contributed by atoms with Crippen molar-refractivity contribution in [1.29, 1.82) is 0 Å². The van der Waals surface area contributed by atoms with Crippen molar-refractivity contribution in [2.75, 3.05) is 19.7 Å². The van der Waals surface area contributed by atoms with E-state index in [9.17, 15) is 4.79 Å². The molecule has 32 heavy (non-hydrogen) atoms. The first-order chi connectivity index (χ1) is 15.2. The smallest absolute Gasteiger partial charge is 0.225 e. The molecule has 0 radical (unpaired) electrons. The average molecular weight is 453 g/mol. The Hall–Kier alpha value is -2.79. The Kier molecular flexibility index (Phi) is 6.85. The number of amides is 1. The molecule has 5 rings (SSSR count). The van der Waals surface area contributed by atoms with Gasteiger partial charge in [0.2, 0.25) is 5.91 Å². The largest absolute Gasteiger partial charge is 0.491 e. The Morgan fingerprint density at radius 2 is 1.78 bits per heavy atom. The zero-order valence-electron chi connectivity index (χ0n) is 18.3. The van der Waals surface area contributed by atoms with Crippen LogP contribution in [0.4, 0.5) is 0 Å². The maximum atomic E-state index is 12.2. The second-order valence-electron chi connectivity index (χ2n) is 8.39. The molecule has 3 aromatic rings. The normalized spacial score (nSPS) is 16.5. The molecular weight excluding hydrogens is 424 g/mol. The molecule has 0 spiro atoms. The van der Waals surface area contributed by atoms with Gasteiger partial charge >= 0.3 is 0 Å². The first kappa shape index (κ1) is 22.4. The maximum absolute atomic E-state index is 12.2. The van der Waals surface area contributed by atoms with E-state index >= 15 is 0 Å². The lowest BCUT2D eigenvalue weighted by Gasteiger charge is -2.32. The molecule has 0 N–H and O–H groups in total. The van der Waals surface area contributed by atoms with Crippen LogP contribution >= 0.6 is 12.4 Å². The van der Waals surface area contributed by atoms with Gasteiger partial charge in [0.25, 0.3) is 0 Å². The number of hydrogen-bond donors (Lipinski definition) is 0. The Bertz CT molecular complexity index is 1070. The number of ether oxygens (including phenoxy) is 2. The summed E-state index contributed by atoms with van der Waals surface area (Å²) >= 11 is 0. The number of pyridine rings is 1. The highest BCUT2D eigenvalue weighted by Crippen LogP contribution is 2.37. The molecule has 1 aromatic heterocycles. The van der Waals surface area contributed by atoms with Gasteiger partial charge in [-0.1, -0.05) is 24.3 Å². The number of hydrogen-bond acceptors (Lipinski definition) is 4. The number of aromatic nitrogens is 1. The standard InChI is InChI=1S/C26H28N2O3.ClH/c1-2-30-25-23(12-9-19-4-3-15-27-24(19)25)18-7-10-21(11-8-18)31-22-13-16-28(17-14-22)26(29)20-5-6-20;/h3-4,7-12,15,20,22H,2,5-6,13-14,16-17H2,1H3;1H. The molecule has 0 unspecified atom stereocenters. The fraction of sp³-hybridized carbons (Fsp3) is 0.385. The van der Waals surface area contributed by atoms with Crippen LogP contribution in [0.15, 0.2) is 54.7 Å². The van der Waals surface area contributed by atoms with Crippen molar-refractivity contribution in [3.05, 3.63) is 54.7 Å². The minimum Gasteiger partial charge on any atom is -0.491 e. The number of piperidine rings is 1. The van der Waals surface area contributed by atoms with E-state index in [0.29, 0.717) is 18.4 Å². The quantitative estimate of drug-likeness (QED) is 0.495. The minimum absolute atomic E-state index is 0. The van der Waals surface area contributed by atoms with E-state index in [-0.39, 0.29) is 18.5 Å². The van der Waals surface area contributed by atoms with Crippen molar-refractivity contribution in [3.63, 3.8) is 0 Å². The van der Waals surface area contributed by atoms with E-state index in [1.54, 1.807) is 6.20 Å². The van der Waals surface area contributed by atoms with Gasteiger partial charge in [-0.3, -0.25) is 9.78 Å². The van der Waals surface area contributed by atoms with Crippen molar-refractivity contribution in [2.45, 2.75) is 38.7 Å². The molecule has 1 aliphatic heterocycles. The van der Waals surface area contributed by atoms with E-state index in [0.717, 1.165) is 72.3 Å². The van der Waals surface area contributed by atoms with Gasteiger partial charge in [0, 0.05) is 49.0 Å². The molecule has 2 aliphatic rings. The number of nitrogens with zero attached hydrogens (tertiary/aromatic N) is 2. The van der Waals surface area contributed by atoms with Gasteiger partial charge in [0.05, 0.1) is 6.61 Å². The first-order valence-electron chi connectivity index (χ1n) is 11.3. The van der Waals surface area contributed by atoms with Gasteiger partial charge in [-0.05, 0) is 49.6 Å². The van der Waals surface area contributed by atoms with Crippen LogP contribution < -0.4 is 9.47 Å². The Balaban J connectivity index is 0.00000245. The first-order valence-corrected chi connectivity index (χ1v) is 11.3. The number of benzene rings is 2. The summed E-state index contributed by atoms with van der Waals surface area (Å²) in [6, 6.07) is 16.4. The molecular formula is C26H29ClN2O3. The van der Waals surface area contributed by atoms with Gasteiger partial charge in [0.15, 0.2) is 5.75 Å². The predicted molar refractivity (Wildman–Crippen MR) is 129 cm³/mol. The van der Waals surface area contributed by atoms with Gasteiger partial charge < -0.3 is 14.4 Å². The summed E-state index contributed by atoms with van der Waals surface area (Å²) in [7, 11) is 0. The van der Waals surface area contributed by atoms with Gasteiger partial charge in [-0.15, -0.1) is 12.4 Å². The molecule has 0 atom stereocenters. The number of halogens is 1. The topological polar surface area (TPSA) is 51.7 Å². The fourth-order valence-electron chi connectivity index (χ4n) is 4.32. The number of carbonyl (C=O) groups excluding carboxylic acids is 1. The van der Waals surface area contributed by atoms with Crippen LogP contribution in [-0.2, 0) is 4.79 Å². The van der Waals surface area contributed by atoms with Crippen molar-refractivity contribution < 1.29 is 14.3 Å². The number of carbonyl (C=O) groups is 1. The van der Waals surface area contributed by atoms with Gasteiger partial charge in [0.1, 0.15) is 17.4 Å². The van der Waals surface area contributed by atoms with E-state index in [4.69, 9.17) is 9.47 Å². The number of fused-ring (bicyclic) bond motifs is 1. The maximum Gasteiger partial charge on any atom is 0.225 e. The third-order valence-corrected chi connectivity index (χ3v) is 6.17. The summed E-state index contributed by atoms with van der Waals surface area (Å²) in [6.45, 7) is 4.19. The molecule has 5 nitrogen and oxygen atoms in total. The summed E-state index contributed by atoms with van der Waals surface area (Å²) in [5.74, 6) is 2.34. The Morgan fingerprint density at radius 1 is 1.03 bits per heavy atom. The zero-order chi connectivity index (χ0) is 21.2. The second-order valence-corrected chi connectivity index (χ2v) is 8.39. The lowest BCUT2D eigenvalue weighted by molar-refractivity contribution is -0.134. The molecule has 168 valence electrons. The van der Waals surface area contributed by atoms with Crippen LogP contribution in [0, 0.1) is 5.92 Å². The summed E-state index contributed by atoms with van der Waals surface area (Å²) < 4.78 is 12.2. The van der Waals surface area contributed by atoms with E-state index in [1.807, 2.05) is 30.0 Å². The summed E-state index contributed by atoms with van der Waals surface area (Å²) in [5.41, 5.74) is 2.99. The van der Waals surface area contributed by atoms with E-state index in [1.165, 1.54) is 0 Å². The fourth-order valence-corrected chi connectivity index (χ4v) is 4.32. The van der Waals surface area contributed by atoms with Crippen molar-refractivity contribution in [3.8, 4) is 22.6 Å². The molecule has 2 aromatic carbocycles. The third kappa shape index (κ3) is 4.68. The van der Waals surface area contributed by atoms with Crippen LogP contribution in [0.1, 0.15) is 32.6 Å². The van der Waals surface area contributed by atoms with Crippen molar-refractivity contribution >= 4 is 29.2 Å². The van der Waals surface area contributed by atoms with Crippen LogP contribution in [-0.4, -0.2) is 41.6 Å². The summed E-state index contributed by atoms with van der Waals surface area (Å²) in [5, 5.41) is 1.07. The Morgan fingerprint density at radius 3 is 2.47 bits per heavy atom. The predicted octanol–water partition coefficient (Wildman–Crippen LogP) is 5.50. The highest BCUT2D eigenvalue weighted by Gasteiger charge is 2.35. The molecule has 1 saturated heterocycles. The molecule has 1 amide bonds. The van der Waals surface area contributed by atoms with Gasteiger partial charge in [-0.25, -0.2) is 0 Å².